The number of carbonyl (C=O) groups excluding carboxylic acids is 2. The van der Waals surface area contributed by atoms with Crippen LogP contribution in [0, 0.1) is 13.8 Å². The zero-order chi connectivity index (χ0) is 19.7. The second-order valence-electron chi connectivity index (χ2n) is 6.77. The summed E-state index contributed by atoms with van der Waals surface area (Å²) in [4.78, 5) is 27.8. The van der Waals surface area contributed by atoms with Crippen molar-refractivity contribution in [3.05, 3.63) is 101 Å². The lowest BCUT2D eigenvalue weighted by Crippen LogP contribution is -2.32. The van der Waals surface area contributed by atoms with Gasteiger partial charge in [0.15, 0.2) is 0 Å². The number of anilines is 2. The normalized spacial score (nSPS) is 14.0. The standard InChI is InChI=1S/C24H20N2O2/c1-16-10-9-15-20(17(16)2)25-22-21(18-11-5-3-6-12-18)23(27)26(24(22)28)19-13-7-4-8-14-19/h3-15,25H,1-2H3. The summed E-state index contributed by atoms with van der Waals surface area (Å²) in [6.45, 7) is 4.02. The Labute approximate surface area is 164 Å². The summed E-state index contributed by atoms with van der Waals surface area (Å²) in [5, 5.41) is 3.25. The SMILES string of the molecule is Cc1cccc(NC2=C(c3ccccc3)C(=O)N(c3ccccc3)C2=O)c1C. The molecule has 138 valence electrons. The van der Waals surface area contributed by atoms with Gasteiger partial charge in [-0.2, -0.15) is 0 Å². The molecule has 0 bridgehead atoms. The van der Waals surface area contributed by atoms with Crippen LogP contribution >= 0.6 is 0 Å². The fourth-order valence-corrected chi connectivity index (χ4v) is 3.35. The fraction of sp³-hybridized carbons (Fsp3) is 0.0833. The van der Waals surface area contributed by atoms with Crippen LogP contribution in [0.1, 0.15) is 16.7 Å². The minimum absolute atomic E-state index is 0.300. The topological polar surface area (TPSA) is 49.4 Å². The first-order chi connectivity index (χ1) is 13.6. The monoisotopic (exact) mass is 368 g/mol. The highest BCUT2D eigenvalue weighted by atomic mass is 16.2. The molecule has 4 nitrogen and oxygen atoms in total. The van der Waals surface area contributed by atoms with Gasteiger partial charge in [-0.3, -0.25) is 9.59 Å². The number of para-hydroxylation sites is 1. The molecule has 3 aromatic rings. The number of amides is 2. The van der Waals surface area contributed by atoms with Crippen LogP contribution in [0.3, 0.4) is 0 Å². The number of rotatable bonds is 4. The average molecular weight is 368 g/mol. The molecule has 28 heavy (non-hydrogen) atoms. The Hall–Kier alpha value is -3.66. The van der Waals surface area contributed by atoms with E-state index in [-0.39, 0.29) is 11.8 Å². The molecule has 0 aliphatic carbocycles. The van der Waals surface area contributed by atoms with Gasteiger partial charge in [-0.15, -0.1) is 0 Å². The van der Waals surface area contributed by atoms with Gasteiger partial charge in [0.25, 0.3) is 11.8 Å². The number of imide groups is 1. The predicted molar refractivity (Wildman–Crippen MR) is 112 cm³/mol. The Bertz CT molecular complexity index is 1090. The van der Waals surface area contributed by atoms with Crippen molar-refractivity contribution in [2.75, 3.05) is 10.2 Å². The zero-order valence-corrected chi connectivity index (χ0v) is 15.8. The van der Waals surface area contributed by atoms with Crippen molar-refractivity contribution in [1.82, 2.24) is 0 Å². The van der Waals surface area contributed by atoms with Crippen molar-refractivity contribution in [2.45, 2.75) is 13.8 Å². The van der Waals surface area contributed by atoms with Gasteiger partial charge in [-0.25, -0.2) is 4.90 Å². The summed E-state index contributed by atoms with van der Waals surface area (Å²) < 4.78 is 0. The molecule has 0 aromatic heterocycles. The third-order valence-corrected chi connectivity index (χ3v) is 5.03. The number of carbonyl (C=O) groups is 2. The molecule has 0 saturated heterocycles. The molecule has 0 unspecified atom stereocenters. The number of benzene rings is 3. The smallest absolute Gasteiger partial charge is 0.282 e. The number of hydrogen-bond donors (Lipinski definition) is 1. The van der Waals surface area contributed by atoms with Gasteiger partial charge in [0.2, 0.25) is 0 Å². The fourth-order valence-electron chi connectivity index (χ4n) is 3.35. The molecule has 0 atom stereocenters. The van der Waals surface area contributed by atoms with Gasteiger partial charge in [0.05, 0.1) is 11.3 Å². The van der Waals surface area contributed by atoms with Gasteiger partial charge in [-0.1, -0.05) is 60.7 Å². The predicted octanol–water partition coefficient (Wildman–Crippen LogP) is 4.70. The Morgan fingerprint density at radius 3 is 2.04 bits per heavy atom. The van der Waals surface area contributed by atoms with Crippen LogP contribution in [-0.4, -0.2) is 11.8 Å². The van der Waals surface area contributed by atoms with E-state index in [1.165, 1.54) is 4.90 Å². The molecule has 0 radical (unpaired) electrons. The van der Waals surface area contributed by atoms with Crippen LogP contribution in [0.15, 0.2) is 84.6 Å². The van der Waals surface area contributed by atoms with Gasteiger partial charge in [0.1, 0.15) is 5.70 Å². The third kappa shape index (κ3) is 2.99. The second kappa shape index (κ2) is 7.16. The van der Waals surface area contributed by atoms with E-state index in [9.17, 15) is 9.59 Å². The number of hydrogen-bond acceptors (Lipinski definition) is 3. The first-order valence-electron chi connectivity index (χ1n) is 9.14. The number of nitrogens with one attached hydrogen (secondary N) is 1. The molecule has 1 aliphatic rings. The lowest BCUT2D eigenvalue weighted by molar-refractivity contribution is -0.120. The van der Waals surface area contributed by atoms with E-state index in [0.29, 0.717) is 22.5 Å². The zero-order valence-electron chi connectivity index (χ0n) is 15.8. The van der Waals surface area contributed by atoms with Crippen LogP contribution in [0.2, 0.25) is 0 Å². The van der Waals surface area contributed by atoms with E-state index in [2.05, 4.69) is 5.32 Å². The Balaban J connectivity index is 1.85. The minimum atomic E-state index is -0.351. The summed E-state index contributed by atoms with van der Waals surface area (Å²) in [5.74, 6) is -0.675. The molecule has 4 heteroatoms. The van der Waals surface area contributed by atoms with E-state index in [1.54, 1.807) is 12.1 Å². The van der Waals surface area contributed by atoms with Crippen LogP contribution < -0.4 is 10.2 Å². The second-order valence-corrected chi connectivity index (χ2v) is 6.77. The van der Waals surface area contributed by atoms with Crippen molar-refractivity contribution in [3.63, 3.8) is 0 Å². The summed E-state index contributed by atoms with van der Waals surface area (Å²) in [5.41, 5.74) is 4.93. The third-order valence-electron chi connectivity index (χ3n) is 5.03. The lowest BCUT2D eigenvalue weighted by atomic mass is 10.0. The van der Waals surface area contributed by atoms with Crippen molar-refractivity contribution in [2.24, 2.45) is 0 Å². The molecule has 1 N–H and O–H groups in total. The first-order valence-corrected chi connectivity index (χ1v) is 9.14. The summed E-state index contributed by atoms with van der Waals surface area (Å²) >= 11 is 0. The average Bonchev–Trinajstić information content (AvgIpc) is 2.96. The van der Waals surface area contributed by atoms with Crippen LogP contribution in [0.25, 0.3) is 5.57 Å². The quantitative estimate of drug-likeness (QED) is 0.679. The van der Waals surface area contributed by atoms with Crippen molar-refractivity contribution >= 4 is 28.8 Å². The lowest BCUT2D eigenvalue weighted by Gasteiger charge is -2.16. The molecular formula is C24H20N2O2. The molecule has 0 spiro atoms. The molecule has 3 aromatic carbocycles. The minimum Gasteiger partial charge on any atom is -0.350 e. The summed E-state index contributed by atoms with van der Waals surface area (Å²) in [7, 11) is 0. The van der Waals surface area contributed by atoms with Crippen molar-refractivity contribution in [3.8, 4) is 0 Å². The van der Waals surface area contributed by atoms with Gasteiger partial charge in [-0.05, 0) is 48.7 Å². The highest BCUT2D eigenvalue weighted by Crippen LogP contribution is 2.34. The number of aryl methyl sites for hydroxylation is 1. The Morgan fingerprint density at radius 1 is 0.714 bits per heavy atom. The van der Waals surface area contributed by atoms with Gasteiger partial charge < -0.3 is 5.32 Å². The van der Waals surface area contributed by atoms with E-state index < -0.39 is 0 Å². The van der Waals surface area contributed by atoms with Crippen LogP contribution in [-0.2, 0) is 9.59 Å². The molecule has 1 heterocycles. The van der Waals surface area contributed by atoms with Crippen molar-refractivity contribution in [1.29, 1.82) is 0 Å². The summed E-state index contributed by atoms with van der Waals surface area (Å²) in [6, 6.07) is 24.2. The molecular weight excluding hydrogens is 348 g/mol. The molecule has 0 fully saturated rings. The van der Waals surface area contributed by atoms with Crippen LogP contribution in [0.4, 0.5) is 11.4 Å². The maximum absolute atomic E-state index is 13.3. The summed E-state index contributed by atoms with van der Waals surface area (Å²) in [6.07, 6.45) is 0. The largest absolute Gasteiger partial charge is 0.350 e. The molecule has 0 saturated carbocycles. The molecule has 2 amide bonds. The molecule has 4 rings (SSSR count). The highest BCUT2D eigenvalue weighted by Gasteiger charge is 2.40. The van der Waals surface area contributed by atoms with Gasteiger partial charge >= 0.3 is 0 Å². The van der Waals surface area contributed by atoms with E-state index in [1.807, 2.05) is 80.6 Å². The Kier molecular flexibility index (Phi) is 4.53. The number of nitrogens with zero attached hydrogens (tertiary/aromatic N) is 1. The van der Waals surface area contributed by atoms with E-state index in [0.717, 1.165) is 16.8 Å². The van der Waals surface area contributed by atoms with E-state index in [4.69, 9.17) is 0 Å². The maximum Gasteiger partial charge on any atom is 0.282 e. The van der Waals surface area contributed by atoms with Crippen molar-refractivity contribution < 1.29 is 9.59 Å². The van der Waals surface area contributed by atoms with E-state index >= 15 is 0 Å². The van der Waals surface area contributed by atoms with Crippen LogP contribution in [0.5, 0.6) is 0 Å². The Morgan fingerprint density at radius 2 is 1.36 bits per heavy atom. The first kappa shape index (κ1) is 17.7. The molecule has 1 aliphatic heterocycles. The highest BCUT2D eigenvalue weighted by molar-refractivity contribution is 6.46. The van der Waals surface area contributed by atoms with Gasteiger partial charge in [0, 0.05) is 5.69 Å². The maximum atomic E-state index is 13.3.